The molecule has 0 aliphatic heterocycles. The van der Waals surface area contributed by atoms with Crippen LogP contribution in [0.1, 0.15) is 50.0 Å². The number of hydrogen-bond acceptors (Lipinski definition) is 3. The van der Waals surface area contributed by atoms with Gasteiger partial charge in [0.25, 0.3) is 0 Å². The zero-order valence-electron chi connectivity index (χ0n) is 14.6. The molecule has 0 fully saturated rings. The highest BCUT2D eigenvalue weighted by Crippen LogP contribution is 2.44. The largest absolute Gasteiger partial charge is 0.410 e. The number of nitrogens with zero attached hydrogens (tertiary/aromatic N) is 1. The number of nitro groups is 1. The Balaban J connectivity index is 2.21. The van der Waals surface area contributed by atoms with Crippen LogP contribution in [0.2, 0.25) is 18.1 Å². The maximum absolute atomic E-state index is 14.3. The maximum atomic E-state index is 14.3. The molecule has 1 atom stereocenters. The van der Waals surface area contributed by atoms with Gasteiger partial charge < -0.3 is 4.43 Å². The number of hydrogen-bond donors (Lipinski definition) is 0. The van der Waals surface area contributed by atoms with Crippen LogP contribution in [0.5, 0.6) is 0 Å². The van der Waals surface area contributed by atoms with Crippen molar-refractivity contribution >= 4 is 8.32 Å². The van der Waals surface area contributed by atoms with Crippen molar-refractivity contribution in [2.24, 2.45) is 0 Å². The molecule has 0 bridgehead atoms. The second-order valence-corrected chi connectivity index (χ2v) is 12.6. The molecule has 2 rings (SSSR count). The molecule has 128 valence electrons. The zero-order valence-corrected chi connectivity index (χ0v) is 15.6. The van der Waals surface area contributed by atoms with Crippen LogP contribution < -0.4 is 0 Å². The van der Waals surface area contributed by atoms with Crippen molar-refractivity contribution in [1.29, 1.82) is 0 Å². The van der Waals surface area contributed by atoms with E-state index in [0.29, 0.717) is 5.56 Å². The van der Waals surface area contributed by atoms with Gasteiger partial charge in [0.1, 0.15) is 5.82 Å². The van der Waals surface area contributed by atoms with Crippen LogP contribution in [0.25, 0.3) is 0 Å². The van der Waals surface area contributed by atoms with Crippen LogP contribution in [0.4, 0.5) is 4.39 Å². The first-order valence-corrected chi connectivity index (χ1v) is 11.0. The average Bonchev–Trinajstić information content (AvgIpc) is 2.76. The lowest BCUT2D eigenvalue weighted by atomic mass is 10.0. The van der Waals surface area contributed by atoms with Gasteiger partial charge >= 0.3 is 0 Å². The van der Waals surface area contributed by atoms with Crippen molar-refractivity contribution in [2.75, 3.05) is 6.54 Å². The number of rotatable bonds is 5. The Morgan fingerprint density at radius 3 is 2.61 bits per heavy atom. The molecule has 0 saturated carbocycles. The minimum absolute atomic E-state index is 0.0510. The van der Waals surface area contributed by atoms with Gasteiger partial charge in [0, 0.05) is 11.3 Å². The molecule has 23 heavy (non-hydrogen) atoms. The SMILES string of the molecule is CC(C)(C)[Si](C)(C)OC1CCc2cc(CC[N+](=O)[O-])c(F)cc21. The summed E-state index contributed by atoms with van der Waals surface area (Å²) in [7, 11) is -1.91. The third-order valence-corrected chi connectivity index (χ3v) is 9.62. The first kappa shape index (κ1) is 18.1. The predicted octanol–water partition coefficient (Wildman–Crippen LogP) is 4.65. The Labute approximate surface area is 138 Å². The summed E-state index contributed by atoms with van der Waals surface area (Å²) in [4.78, 5) is 10.1. The van der Waals surface area contributed by atoms with Crippen molar-refractivity contribution in [3.63, 3.8) is 0 Å². The van der Waals surface area contributed by atoms with Gasteiger partial charge in [0.2, 0.25) is 6.54 Å². The second-order valence-electron chi connectivity index (χ2n) is 7.85. The van der Waals surface area contributed by atoms with Gasteiger partial charge in [-0.2, -0.15) is 0 Å². The average molecular weight is 339 g/mol. The minimum Gasteiger partial charge on any atom is -0.410 e. The molecular formula is C17H26FNO3Si. The van der Waals surface area contributed by atoms with Gasteiger partial charge in [-0.3, -0.25) is 10.1 Å². The maximum Gasteiger partial charge on any atom is 0.208 e. The van der Waals surface area contributed by atoms with Crippen LogP contribution in [0, 0.1) is 15.9 Å². The first-order chi connectivity index (χ1) is 10.5. The van der Waals surface area contributed by atoms with Crippen molar-refractivity contribution in [3.05, 3.63) is 44.8 Å². The second kappa shape index (κ2) is 6.32. The molecule has 0 aromatic heterocycles. The summed E-state index contributed by atoms with van der Waals surface area (Å²) in [6.07, 6.45) is 1.80. The van der Waals surface area contributed by atoms with Gasteiger partial charge in [-0.1, -0.05) is 26.8 Å². The van der Waals surface area contributed by atoms with E-state index < -0.39 is 13.2 Å². The van der Waals surface area contributed by atoms with Crippen LogP contribution in [-0.2, 0) is 17.3 Å². The van der Waals surface area contributed by atoms with Gasteiger partial charge in [-0.05, 0) is 53.7 Å². The highest BCUT2D eigenvalue weighted by Gasteiger charge is 2.40. The van der Waals surface area contributed by atoms with E-state index in [1.807, 2.05) is 0 Å². The number of halogens is 1. The highest BCUT2D eigenvalue weighted by molar-refractivity contribution is 6.74. The number of benzene rings is 1. The normalized spacial score (nSPS) is 18.1. The molecule has 0 N–H and O–H groups in total. The van der Waals surface area contributed by atoms with Crippen molar-refractivity contribution in [1.82, 2.24) is 0 Å². The van der Waals surface area contributed by atoms with E-state index in [1.54, 1.807) is 6.07 Å². The van der Waals surface area contributed by atoms with E-state index in [9.17, 15) is 14.5 Å². The molecular weight excluding hydrogens is 313 g/mol. The van der Waals surface area contributed by atoms with Crippen molar-refractivity contribution in [3.8, 4) is 0 Å². The molecule has 1 unspecified atom stereocenters. The summed E-state index contributed by atoms with van der Waals surface area (Å²) in [6.45, 7) is 10.7. The highest BCUT2D eigenvalue weighted by atomic mass is 28.4. The third kappa shape index (κ3) is 3.98. The van der Waals surface area contributed by atoms with Crippen molar-refractivity contribution in [2.45, 2.75) is 64.3 Å². The lowest BCUT2D eigenvalue weighted by Gasteiger charge is -2.38. The monoisotopic (exact) mass is 339 g/mol. The quantitative estimate of drug-likeness (QED) is 0.445. The summed E-state index contributed by atoms with van der Waals surface area (Å²) in [5.41, 5.74) is 2.44. The summed E-state index contributed by atoms with van der Waals surface area (Å²) >= 11 is 0. The Kier molecular flexibility index (Phi) is 4.96. The van der Waals surface area contributed by atoms with E-state index >= 15 is 0 Å². The van der Waals surface area contributed by atoms with Crippen LogP contribution >= 0.6 is 0 Å². The molecule has 1 aromatic rings. The van der Waals surface area contributed by atoms with Gasteiger partial charge in [0.05, 0.1) is 6.10 Å². The molecule has 0 saturated heterocycles. The summed E-state index contributed by atoms with van der Waals surface area (Å²) < 4.78 is 20.7. The first-order valence-electron chi connectivity index (χ1n) is 8.12. The Hall–Kier alpha value is -1.27. The zero-order chi connectivity index (χ0) is 17.4. The third-order valence-electron chi connectivity index (χ3n) is 5.14. The molecule has 1 aliphatic carbocycles. The van der Waals surface area contributed by atoms with E-state index in [-0.39, 0.29) is 29.9 Å². The molecule has 1 aliphatic rings. The smallest absolute Gasteiger partial charge is 0.208 e. The molecule has 4 nitrogen and oxygen atoms in total. The fourth-order valence-corrected chi connectivity index (χ4v) is 4.01. The van der Waals surface area contributed by atoms with Gasteiger partial charge in [-0.15, -0.1) is 0 Å². The Bertz CT molecular complexity index is 611. The van der Waals surface area contributed by atoms with Crippen molar-refractivity contribution < 1.29 is 13.7 Å². The molecule has 6 heteroatoms. The molecule has 0 heterocycles. The topological polar surface area (TPSA) is 52.4 Å². The van der Waals surface area contributed by atoms with Crippen LogP contribution in [-0.4, -0.2) is 19.8 Å². The summed E-state index contributed by atoms with van der Waals surface area (Å²) in [5.74, 6) is -0.351. The lowest BCUT2D eigenvalue weighted by molar-refractivity contribution is -0.479. The minimum atomic E-state index is -1.91. The van der Waals surface area contributed by atoms with E-state index in [0.717, 1.165) is 24.0 Å². The standard InChI is InChI=1S/C17H26FNO3Si/c1-17(2,3)23(4,5)22-16-7-6-12-10-13(8-9-19(20)21)15(18)11-14(12)16/h10-11,16H,6-9H2,1-5H3. The lowest BCUT2D eigenvalue weighted by Crippen LogP contribution is -2.41. The number of fused-ring (bicyclic) bond motifs is 1. The fraction of sp³-hybridized carbons (Fsp3) is 0.647. The van der Waals surface area contributed by atoms with Crippen LogP contribution in [0.15, 0.2) is 12.1 Å². The van der Waals surface area contributed by atoms with E-state index in [4.69, 9.17) is 4.43 Å². The molecule has 0 amide bonds. The molecule has 1 aromatic carbocycles. The van der Waals surface area contributed by atoms with Gasteiger partial charge in [0.15, 0.2) is 8.32 Å². The molecule has 0 spiro atoms. The summed E-state index contributed by atoms with van der Waals surface area (Å²) in [6, 6.07) is 3.33. The van der Waals surface area contributed by atoms with E-state index in [2.05, 4.69) is 33.9 Å². The Morgan fingerprint density at radius 1 is 1.39 bits per heavy atom. The van der Waals surface area contributed by atoms with Crippen LogP contribution in [0.3, 0.4) is 0 Å². The Morgan fingerprint density at radius 2 is 2.04 bits per heavy atom. The van der Waals surface area contributed by atoms with E-state index in [1.165, 1.54) is 6.07 Å². The fourth-order valence-electron chi connectivity index (χ4n) is 2.70. The van der Waals surface area contributed by atoms with Gasteiger partial charge in [-0.25, -0.2) is 4.39 Å². The predicted molar refractivity (Wildman–Crippen MR) is 91.3 cm³/mol. The number of aryl methyl sites for hydroxylation is 1. The summed E-state index contributed by atoms with van der Waals surface area (Å²) in [5, 5.41) is 10.6. The molecule has 0 radical (unpaired) electrons.